The molecule has 0 aromatic carbocycles. The SMILES string of the molecule is C=C(C)CCC[C@]1(C)OC(=O)[C@]23CC[C@@H]4C(=CC[C@H]5C(C)(C)[C@@H](O[C@@H]6OC[C@@H](OS(=O)(=O)O)[C@H](O)[C@H]6O[C@@H]6O[C@H](C)[C@@H](O[C@@H]7OC[C@@H](O)[C@H](O[C@@H]8O[C@H](CO)[C@@H](O)[C@H](OC)[C@H]8O)[C@H]7O)[C@H](O)[C@H]6O[C@@H]6OC[C@@H](O)[C@H](O)[C@H]6O)CC[C@]45C)[C@]2(C)CC(=O)[C@@H]31. The minimum atomic E-state index is -5.25. The van der Waals surface area contributed by atoms with Crippen LogP contribution in [-0.2, 0) is 81.0 Å². The molecule has 0 unspecified atom stereocenters. The Balaban J connectivity index is 0.897. The molecule has 6 heterocycles. The molecule has 0 bridgehead atoms. The number of esters is 1. The third-order valence-electron chi connectivity index (χ3n) is 21.4. The summed E-state index contributed by atoms with van der Waals surface area (Å²) in [5, 5.41) is 111. The van der Waals surface area contributed by atoms with Gasteiger partial charge in [-0.3, -0.25) is 14.1 Å². The molecule has 11 N–H and O–H groups in total. The van der Waals surface area contributed by atoms with Gasteiger partial charge < -0.3 is 108 Å². The minimum absolute atomic E-state index is 0.0124. The molecule has 87 heavy (non-hydrogen) atoms. The van der Waals surface area contributed by atoms with Crippen LogP contribution in [0.15, 0.2) is 23.8 Å². The van der Waals surface area contributed by atoms with Crippen LogP contribution >= 0.6 is 0 Å². The van der Waals surface area contributed by atoms with Gasteiger partial charge in [0.2, 0.25) is 0 Å². The molecule has 9 fully saturated rings. The van der Waals surface area contributed by atoms with Crippen molar-refractivity contribution in [3.63, 3.8) is 0 Å². The highest BCUT2D eigenvalue weighted by molar-refractivity contribution is 7.80. The number of allylic oxidation sites excluding steroid dienone is 3. The average molecular weight is 1270 g/mol. The third kappa shape index (κ3) is 11.9. The molecule has 0 aromatic heterocycles. The largest absolute Gasteiger partial charge is 0.458 e. The van der Waals surface area contributed by atoms with Crippen molar-refractivity contribution in [2.75, 3.05) is 33.5 Å². The summed E-state index contributed by atoms with van der Waals surface area (Å²) in [6.45, 7) is 15.2. The van der Waals surface area contributed by atoms with Gasteiger partial charge in [-0.2, -0.15) is 8.42 Å². The Kier molecular flexibility index (Phi) is 19.5. The number of carbonyl (C=O) groups is 2. The highest BCUT2D eigenvalue weighted by Gasteiger charge is 2.79. The van der Waals surface area contributed by atoms with Crippen molar-refractivity contribution in [2.24, 2.45) is 39.4 Å². The summed E-state index contributed by atoms with van der Waals surface area (Å²) >= 11 is 0. The van der Waals surface area contributed by atoms with Crippen LogP contribution in [0.2, 0.25) is 0 Å². The zero-order valence-electron chi connectivity index (χ0n) is 50.3. The monoisotopic (exact) mass is 1270 g/mol. The number of rotatable bonds is 18. The van der Waals surface area contributed by atoms with Crippen LogP contribution in [0.3, 0.4) is 0 Å². The highest BCUT2D eigenvalue weighted by Crippen LogP contribution is 2.75. The number of carbonyl (C=O) groups excluding carboxylic acids is 2. The summed E-state index contributed by atoms with van der Waals surface area (Å²) < 4.78 is 111. The molecule has 28 nitrogen and oxygen atoms in total. The van der Waals surface area contributed by atoms with Crippen molar-refractivity contribution < 1.29 is 135 Å². The summed E-state index contributed by atoms with van der Waals surface area (Å²) in [6.07, 6.45) is -31.1. The first kappa shape index (κ1) is 67.5. The first-order valence-electron chi connectivity index (χ1n) is 30.2. The van der Waals surface area contributed by atoms with E-state index in [1.54, 1.807) is 0 Å². The molecule has 29 heteroatoms. The first-order valence-corrected chi connectivity index (χ1v) is 31.6. The van der Waals surface area contributed by atoms with Gasteiger partial charge in [-0.25, -0.2) is 4.18 Å². The molecule has 10 aliphatic rings. The number of hydrogen-bond donors (Lipinski definition) is 11. The van der Waals surface area contributed by atoms with E-state index >= 15 is 0 Å². The number of aliphatic hydroxyl groups excluding tert-OH is 10. The molecule has 4 aliphatic carbocycles. The second-order valence-corrected chi connectivity index (χ2v) is 28.2. The standard InChI is InChI=1S/C58H90O28S/c1-24(2)11-10-16-57(8)47-28(60)19-56(7)27-12-13-33-54(4,5)34(15-17-55(33,6)26(27)14-18-58(47,56)53(70)85-57)80-51-45(37(65)32(23-77-51)86-87(71,72)73)84-52-46(83-48-38(66)35(63)29(61)21-75-48)39(67)42(25(3)78-52)81-49-40(68)43(30(62)22-76-49)82-50-41(69)44(74-9)36(64)31(20-59)79-50/h12,25-26,29-52,59,61-69H,1,10-11,13-23H2,2-9H3,(H,71,72,73)/t25-,26-,29-,30-,31-,32-,33+,34+,35+,36-,37+,38-,39+,40-,41-,42-,43+,44+,45-,46-,47-,48+,49+,50+,51+,52+,55-,56+,57+,58-/m1/s1. The van der Waals surface area contributed by atoms with Gasteiger partial charge in [-0.15, -0.1) is 6.58 Å². The van der Waals surface area contributed by atoms with E-state index in [2.05, 4.69) is 40.3 Å². The lowest BCUT2D eigenvalue weighted by Gasteiger charge is -2.63. The Morgan fingerprint density at radius 1 is 0.701 bits per heavy atom. The molecule has 6 saturated heterocycles. The molecule has 1 spiro atoms. The summed E-state index contributed by atoms with van der Waals surface area (Å²) in [5.41, 5.74) is -1.66. The van der Waals surface area contributed by atoms with Crippen LogP contribution in [0.5, 0.6) is 0 Å². The second kappa shape index (κ2) is 25.2. The van der Waals surface area contributed by atoms with Crippen LogP contribution in [0.25, 0.3) is 0 Å². The van der Waals surface area contributed by atoms with E-state index in [1.807, 2.05) is 13.8 Å². The fourth-order valence-corrected chi connectivity index (χ4v) is 17.5. The van der Waals surface area contributed by atoms with Gasteiger partial charge in [0.25, 0.3) is 0 Å². The number of ether oxygens (including phenoxy) is 12. The summed E-state index contributed by atoms with van der Waals surface area (Å²) in [7, 11) is -4.06. The predicted octanol–water partition coefficient (Wildman–Crippen LogP) is -1.28. The van der Waals surface area contributed by atoms with E-state index in [0.717, 1.165) is 24.0 Å². The zero-order valence-corrected chi connectivity index (χ0v) is 51.1. The molecule has 10 rings (SSSR count). The number of ketones is 1. The smallest absolute Gasteiger partial charge is 0.397 e. The van der Waals surface area contributed by atoms with E-state index in [-0.39, 0.29) is 35.4 Å². The number of cyclic esters (lactones) is 1. The molecule has 0 aromatic rings. The van der Waals surface area contributed by atoms with Gasteiger partial charge in [0.1, 0.15) is 109 Å². The maximum Gasteiger partial charge on any atom is 0.397 e. The normalized spacial score (nSPS) is 50.7. The number of methoxy groups -OCH3 is 1. The molecule has 0 amide bonds. The lowest BCUT2D eigenvalue weighted by atomic mass is 9.41. The topological polar surface area (TPSA) is 411 Å². The molecular formula is C58H90O28S. The summed E-state index contributed by atoms with van der Waals surface area (Å²) in [6, 6.07) is 0. The quantitative estimate of drug-likeness (QED) is 0.0432. The number of hydrogen-bond acceptors (Lipinski definition) is 27. The van der Waals surface area contributed by atoms with Crippen LogP contribution in [0.4, 0.5) is 0 Å². The molecular weight excluding hydrogens is 1180 g/mol. The average Bonchev–Trinajstić information content (AvgIpc) is 1.53. The first-order chi connectivity index (χ1) is 40.8. The lowest BCUT2D eigenvalue weighted by molar-refractivity contribution is -0.399. The van der Waals surface area contributed by atoms with Gasteiger partial charge in [0.05, 0.1) is 50.0 Å². The van der Waals surface area contributed by atoms with Gasteiger partial charge in [0.15, 0.2) is 31.5 Å². The van der Waals surface area contributed by atoms with E-state index in [4.69, 9.17) is 61.0 Å². The van der Waals surface area contributed by atoms with E-state index in [9.17, 15) is 73.6 Å². The fourth-order valence-electron chi connectivity index (χ4n) is 17.0. The van der Waals surface area contributed by atoms with Gasteiger partial charge in [-0.1, -0.05) is 44.9 Å². The zero-order chi connectivity index (χ0) is 63.4. The summed E-state index contributed by atoms with van der Waals surface area (Å²) in [5.74, 6) is -0.929. The van der Waals surface area contributed by atoms with Crippen molar-refractivity contribution in [2.45, 2.75) is 253 Å². The Labute approximate surface area is 505 Å². The Morgan fingerprint density at radius 3 is 1.99 bits per heavy atom. The Morgan fingerprint density at radius 2 is 1.32 bits per heavy atom. The number of Topliss-reactive ketones (excluding diaryl/α,β-unsaturated/α-hetero) is 1. The highest BCUT2D eigenvalue weighted by atomic mass is 32.3. The maximum atomic E-state index is 14.5. The van der Waals surface area contributed by atoms with Crippen molar-refractivity contribution in [1.29, 1.82) is 0 Å². The van der Waals surface area contributed by atoms with Crippen molar-refractivity contribution >= 4 is 22.2 Å². The van der Waals surface area contributed by atoms with Crippen molar-refractivity contribution in [1.82, 2.24) is 0 Å². The van der Waals surface area contributed by atoms with Crippen LogP contribution in [-0.4, -0.2) is 256 Å². The fraction of sp³-hybridized carbons (Fsp3) is 0.897. The van der Waals surface area contributed by atoms with Gasteiger partial charge in [-0.05, 0) is 94.8 Å². The van der Waals surface area contributed by atoms with Gasteiger partial charge >= 0.3 is 16.4 Å². The third-order valence-corrected chi connectivity index (χ3v) is 21.9. The molecule has 0 radical (unpaired) electrons. The van der Waals surface area contributed by atoms with Crippen LogP contribution < -0.4 is 0 Å². The molecule has 3 saturated carbocycles. The van der Waals surface area contributed by atoms with E-state index in [1.165, 1.54) is 14.0 Å². The minimum Gasteiger partial charge on any atom is -0.458 e. The molecule has 6 aliphatic heterocycles. The lowest BCUT2D eigenvalue weighted by Crippen LogP contribution is -2.67. The van der Waals surface area contributed by atoms with E-state index < -0.39 is 206 Å². The molecule has 30 atom stereocenters. The van der Waals surface area contributed by atoms with Gasteiger partial charge in [0, 0.05) is 18.9 Å². The van der Waals surface area contributed by atoms with E-state index in [0.29, 0.717) is 38.5 Å². The Hall–Kier alpha value is -2.35. The van der Waals surface area contributed by atoms with Crippen LogP contribution in [0, 0.1) is 39.4 Å². The van der Waals surface area contributed by atoms with Crippen LogP contribution in [0.1, 0.15) is 106 Å². The number of aliphatic hydroxyl groups is 10. The second-order valence-electron chi connectivity index (χ2n) is 27.2. The maximum absolute atomic E-state index is 14.5. The van der Waals surface area contributed by atoms with Crippen molar-refractivity contribution in [3.8, 4) is 0 Å². The molecule has 496 valence electrons. The predicted molar refractivity (Wildman–Crippen MR) is 292 cm³/mol. The summed E-state index contributed by atoms with van der Waals surface area (Å²) in [4.78, 5) is 28.9. The van der Waals surface area contributed by atoms with Crippen molar-refractivity contribution in [3.05, 3.63) is 23.8 Å². The number of fused-ring (bicyclic) bond motifs is 4. The Bertz CT molecular complexity index is 2650.